The number of rotatable bonds is 3. The molecule has 0 unspecified atom stereocenters. The second-order valence-electron chi connectivity index (χ2n) is 6.03. The lowest BCUT2D eigenvalue weighted by atomic mass is 10.1. The molecule has 116 valence electrons. The van der Waals surface area contributed by atoms with E-state index in [2.05, 4.69) is 39.5 Å². The number of benzene rings is 1. The predicted molar refractivity (Wildman–Crippen MR) is 85.5 cm³/mol. The molecule has 2 aromatic rings. The fourth-order valence-corrected chi connectivity index (χ4v) is 3.19. The first kappa shape index (κ1) is 13.9. The molecule has 1 saturated heterocycles. The largest absolute Gasteiger partial charge is 0.379 e. The molecule has 1 aromatic heterocycles. The Kier molecular flexibility index (Phi) is 3.93. The normalized spacial score (nSPS) is 19.1. The average Bonchev–Trinajstić information content (AvgIpc) is 3.00. The predicted octanol–water partition coefficient (Wildman–Crippen LogP) is 1.55. The number of hydrogen-bond acceptors (Lipinski definition) is 4. The van der Waals surface area contributed by atoms with Crippen LogP contribution in [0.5, 0.6) is 0 Å². The molecular weight excluding hydrogens is 276 g/mol. The van der Waals surface area contributed by atoms with Crippen molar-refractivity contribution in [1.82, 2.24) is 20.2 Å². The Morgan fingerprint density at radius 2 is 2.14 bits per heavy atom. The Morgan fingerprint density at radius 3 is 3.00 bits per heavy atom. The summed E-state index contributed by atoms with van der Waals surface area (Å²) < 4.78 is 5.41. The van der Waals surface area contributed by atoms with E-state index in [0.29, 0.717) is 0 Å². The zero-order valence-electron chi connectivity index (χ0n) is 12.8. The van der Waals surface area contributed by atoms with Crippen molar-refractivity contribution in [1.29, 1.82) is 0 Å². The molecule has 5 nitrogen and oxygen atoms in total. The molecule has 1 fully saturated rings. The lowest BCUT2D eigenvalue weighted by Crippen LogP contribution is -2.35. The zero-order valence-corrected chi connectivity index (χ0v) is 12.8. The molecule has 0 aliphatic carbocycles. The Morgan fingerprint density at radius 1 is 1.23 bits per heavy atom. The van der Waals surface area contributed by atoms with Crippen LogP contribution in [0, 0.1) is 0 Å². The standard InChI is InChI=1S/C17H22N4O/c1-2-13(12-21-6-8-22-9-7-21)10-14(3-1)17-19-15-4-5-18-11-16(15)20-17/h1-3,10,18H,4-9,11-12H2,(H,19,20). The highest BCUT2D eigenvalue weighted by Crippen LogP contribution is 2.22. The van der Waals surface area contributed by atoms with Crippen LogP contribution >= 0.6 is 0 Å². The summed E-state index contributed by atoms with van der Waals surface area (Å²) in [6.45, 7) is 6.63. The third-order valence-electron chi connectivity index (χ3n) is 4.42. The monoisotopic (exact) mass is 298 g/mol. The molecular formula is C17H22N4O. The maximum atomic E-state index is 5.41. The van der Waals surface area contributed by atoms with Gasteiger partial charge in [0.05, 0.1) is 24.6 Å². The van der Waals surface area contributed by atoms with Gasteiger partial charge in [0.2, 0.25) is 0 Å². The number of nitrogens with zero attached hydrogens (tertiary/aromatic N) is 2. The van der Waals surface area contributed by atoms with E-state index in [9.17, 15) is 0 Å². The summed E-state index contributed by atoms with van der Waals surface area (Å²) in [5.41, 5.74) is 4.97. The number of fused-ring (bicyclic) bond motifs is 1. The van der Waals surface area contributed by atoms with Gasteiger partial charge in [-0.15, -0.1) is 0 Å². The maximum absolute atomic E-state index is 5.41. The van der Waals surface area contributed by atoms with Crippen LogP contribution in [-0.2, 0) is 24.2 Å². The van der Waals surface area contributed by atoms with Gasteiger partial charge in [0.1, 0.15) is 5.82 Å². The van der Waals surface area contributed by atoms with Crippen LogP contribution in [0.25, 0.3) is 11.4 Å². The summed E-state index contributed by atoms with van der Waals surface area (Å²) in [6, 6.07) is 8.72. The van der Waals surface area contributed by atoms with E-state index in [1.807, 2.05) is 0 Å². The summed E-state index contributed by atoms with van der Waals surface area (Å²) in [7, 11) is 0. The molecule has 0 bridgehead atoms. The van der Waals surface area contributed by atoms with Gasteiger partial charge in [-0.25, -0.2) is 4.98 Å². The minimum atomic E-state index is 0.845. The van der Waals surface area contributed by atoms with Gasteiger partial charge in [-0.2, -0.15) is 0 Å². The molecule has 2 N–H and O–H groups in total. The van der Waals surface area contributed by atoms with Crippen molar-refractivity contribution >= 4 is 0 Å². The number of ether oxygens (including phenoxy) is 1. The molecule has 4 rings (SSSR count). The molecule has 2 aliphatic heterocycles. The highest BCUT2D eigenvalue weighted by atomic mass is 16.5. The van der Waals surface area contributed by atoms with Crippen molar-refractivity contribution in [3.8, 4) is 11.4 Å². The quantitative estimate of drug-likeness (QED) is 0.903. The fraction of sp³-hybridized carbons (Fsp3) is 0.471. The van der Waals surface area contributed by atoms with Crippen LogP contribution in [0.3, 0.4) is 0 Å². The number of aromatic nitrogens is 2. The van der Waals surface area contributed by atoms with E-state index < -0.39 is 0 Å². The van der Waals surface area contributed by atoms with Gasteiger partial charge in [-0.05, 0) is 11.6 Å². The van der Waals surface area contributed by atoms with Crippen LogP contribution in [-0.4, -0.2) is 47.7 Å². The first-order valence-electron chi connectivity index (χ1n) is 8.06. The molecule has 0 amide bonds. The Balaban J connectivity index is 1.54. The average molecular weight is 298 g/mol. The third-order valence-corrected chi connectivity index (χ3v) is 4.42. The van der Waals surface area contributed by atoms with Crippen LogP contribution in [0.15, 0.2) is 24.3 Å². The topological polar surface area (TPSA) is 53.2 Å². The van der Waals surface area contributed by atoms with Crippen molar-refractivity contribution in [3.63, 3.8) is 0 Å². The first-order valence-corrected chi connectivity index (χ1v) is 8.06. The SMILES string of the molecule is c1cc(CN2CCOCC2)cc(-c2nc3c([nH]2)CNCC3)c1. The van der Waals surface area contributed by atoms with E-state index >= 15 is 0 Å². The van der Waals surface area contributed by atoms with Crippen molar-refractivity contribution < 1.29 is 4.74 Å². The van der Waals surface area contributed by atoms with E-state index in [-0.39, 0.29) is 0 Å². The van der Waals surface area contributed by atoms with E-state index in [1.54, 1.807) is 0 Å². The minimum absolute atomic E-state index is 0.845. The summed E-state index contributed by atoms with van der Waals surface area (Å²) in [4.78, 5) is 10.7. The van der Waals surface area contributed by atoms with Crippen LogP contribution in [0.4, 0.5) is 0 Å². The number of imidazole rings is 1. The third kappa shape index (κ3) is 2.92. The molecule has 2 aliphatic rings. The lowest BCUT2D eigenvalue weighted by molar-refractivity contribution is 0.0342. The van der Waals surface area contributed by atoms with Gasteiger partial charge in [0.15, 0.2) is 0 Å². The fourth-order valence-electron chi connectivity index (χ4n) is 3.19. The zero-order chi connectivity index (χ0) is 14.8. The number of morpholine rings is 1. The Labute approximate surface area is 130 Å². The molecule has 0 atom stereocenters. The Hall–Kier alpha value is -1.69. The molecule has 3 heterocycles. The first-order chi connectivity index (χ1) is 10.9. The highest BCUT2D eigenvalue weighted by molar-refractivity contribution is 5.57. The minimum Gasteiger partial charge on any atom is -0.379 e. The van der Waals surface area contributed by atoms with Crippen LogP contribution in [0.2, 0.25) is 0 Å². The number of nitrogens with one attached hydrogen (secondary N) is 2. The number of H-pyrrole nitrogens is 1. The summed E-state index contributed by atoms with van der Waals surface area (Å²) in [5.74, 6) is 0.998. The van der Waals surface area contributed by atoms with Gasteiger partial charge in [-0.3, -0.25) is 4.90 Å². The van der Waals surface area contributed by atoms with E-state index in [0.717, 1.165) is 58.2 Å². The highest BCUT2D eigenvalue weighted by Gasteiger charge is 2.15. The summed E-state index contributed by atoms with van der Waals surface area (Å²) >= 11 is 0. The number of aromatic amines is 1. The van der Waals surface area contributed by atoms with Gasteiger partial charge in [0.25, 0.3) is 0 Å². The number of hydrogen-bond donors (Lipinski definition) is 2. The van der Waals surface area contributed by atoms with Crippen molar-refractivity contribution in [2.75, 3.05) is 32.8 Å². The van der Waals surface area contributed by atoms with Crippen LogP contribution in [0.1, 0.15) is 17.0 Å². The van der Waals surface area contributed by atoms with Crippen molar-refractivity contribution in [2.45, 2.75) is 19.5 Å². The second-order valence-corrected chi connectivity index (χ2v) is 6.03. The molecule has 0 radical (unpaired) electrons. The Bertz CT molecular complexity index is 622. The maximum Gasteiger partial charge on any atom is 0.137 e. The summed E-state index contributed by atoms with van der Waals surface area (Å²) in [6.07, 6.45) is 1.01. The molecule has 1 aromatic carbocycles. The molecule has 0 saturated carbocycles. The smallest absolute Gasteiger partial charge is 0.137 e. The van der Waals surface area contributed by atoms with Gasteiger partial charge < -0.3 is 15.0 Å². The van der Waals surface area contributed by atoms with Gasteiger partial charge in [-0.1, -0.05) is 18.2 Å². The molecule has 22 heavy (non-hydrogen) atoms. The van der Waals surface area contributed by atoms with Crippen LogP contribution < -0.4 is 5.32 Å². The lowest BCUT2D eigenvalue weighted by Gasteiger charge is -2.26. The summed E-state index contributed by atoms with van der Waals surface area (Å²) in [5, 5.41) is 3.38. The van der Waals surface area contributed by atoms with Crippen molar-refractivity contribution in [2.24, 2.45) is 0 Å². The van der Waals surface area contributed by atoms with Gasteiger partial charge >= 0.3 is 0 Å². The van der Waals surface area contributed by atoms with E-state index in [4.69, 9.17) is 9.72 Å². The van der Waals surface area contributed by atoms with Crippen molar-refractivity contribution in [3.05, 3.63) is 41.2 Å². The molecule has 0 spiro atoms. The van der Waals surface area contributed by atoms with Gasteiger partial charge in [0, 0.05) is 44.7 Å². The molecule has 5 heteroatoms. The van der Waals surface area contributed by atoms with E-state index in [1.165, 1.54) is 22.5 Å². The second kappa shape index (κ2) is 6.20.